The van der Waals surface area contributed by atoms with Crippen LogP contribution in [0, 0.1) is 12.7 Å². The average Bonchev–Trinajstić information content (AvgIpc) is 2.99. The van der Waals surface area contributed by atoms with Crippen LogP contribution < -0.4 is 14.9 Å². The third kappa shape index (κ3) is 4.68. The second kappa shape index (κ2) is 8.53. The first kappa shape index (κ1) is 21.9. The van der Waals surface area contributed by atoms with Gasteiger partial charge in [0.1, 0.15) is 5.82 Å². The molecule has 0 aromatic heterocycles. The number of amides is 2. The SMILES string of the molecule is CC(=O)N1c2ccc(S(=O)(=O)NCCC(=O)Nc3ccc(F)cc3C)cc2C[C@H]1C. The van der Waals surface area contributed by atoms with Crippen LogP contribution in [0.25, 0.3) is 0 Å². The van der Waals surface area contributed by atoms with Gasteiger partial charge >= 0.3 is 0 Å². The number of rotatable bonds is 6. The largest absolute Gasteiger partial charge is 0.326 e. The van der Waals surface area contributed by atoms with Crippen LogP contribution in [0.3, 0.4) is 0 Å². The number of nitrogens with one attached hydrogen (secondary N) is 2. The van der Waals surface area contributed by atoms with Crippen LogP contribution in [-0.2, 0) is 26.0 Å². The third-order valence-corrected chi connectivity index (χ3v) is 6.48. The van der Waals surface area contributed by atoms with Gasteiger partial charge in [-0.3, -0.25) is 9.59 Å². The maximum atomic E-state index is 13.1. The Kier molecular flexibility index (Phi) is 6.23. The fourth-order valence-electron chi connectivity index (χ4n) is 3.62. The van der Waals surface area contributed by atoms with E-state index in [4.69, 9.17) is 0 Å². The number of halogens is 1. The smallest absolute Gasteiger partial charge is 0.240 e. The van der Waals surface area contributed by atoms with E-state index in [2.05, 4.69) is 10.0 Å². The van der Waals surface area contributed by atoms with Gasteiger partial charge in [-0.1, -0.05) is 0 Å². The Morgan fingerprint density at radius 2 is 1.93 bits per heavy atom. The summed E-state index contributed by atoms with van der Waals surface area (Å²) in [5, 5.41) is 2.64. The van der Waals surface area contributed by atoms with Crippen LogP contribution in [0.15, 0.2) is 41.3 Å². The van der Waals surface area contributed by atoms with E-state index in [1.807, 2.05) is 6.92 Å². The predicted octanol–water partition coefficient (Wildman–Crippen LogP) is 2.74. The van der Waals surface area contributed by atoms with Crippen molar-refractivity contribution in [2.24, 2.45) is 0 Å². The number of carbonyl (C=O) groups excluding carboxylic acids is 2. The zero-order valence-electron chi connectivity index (χ0n) is 17.0. The molecule has 2 amide bonds. The molecular formula is C21H24FN3O4S. The lowest BCUT2D eigenvalue weighted by Gasteiger charge is -2.20. The molecule has 0 aliphatic carbocycles. The summed E-state index contributed by atoms with van der Waals surface area (Å²) in [5.74, 6) is -0.863. The van der Waals surface area contributed by atoms with Crippen LogP contribution in [0.1, 0.15) is 31.4 Å². The van der Waals surface area contributed by atoms with Crippen molar-refractivity contribution in [3.63, 3.8) is 0 Å². The first-order chi connectivity index (χ1) is 14.1. The van der Waals surface area contributed by atoms with E-state index in [-0.39, 0.29) is 35.7 Å². The van der Waals surface area contributed by atoms with Gasteiger partial charge in [-0.05, 0) is 67.8 Å². The second-order valence-corrected chi connectivity index (χ2v) is 9.15. The molecule has 1 aliphatic rings. The van der Waals surface area contributed by atoms with Crippen molar-refractivity contribution in [3.05, 3.63) is 53.3 Å². The van der Waals surface area contributed by atoms with Gasteiger partial charge in [-0.25, -0.2) is 17.5 Å². The lowest BCUT2D eigenvalue weighted by molar-refractivity contribution is -0.117. The minimum atomic E-state index is -3.80. The van der Waals surface area contributed by atoms with E-state index < -0.39 is 15.8 Å². The number of nitrogens with zero attached hydrogens (tertiary/aromatic N) is 1. The molecule has 0 saturated carbocycles. The molecule has 30 heavy (non-hydrogen) atoms. The molecule has 0 bridgehead atoms. The van der Waals surface area contributed by atoms with Gasteiger partial charge in [0, 0.05) is 37.3 Å². The van der Waals surface area contributed by atoms with Crippen molar-refractivity contribution in [1.82, 2.24) is 4.72 Å². The summed E-state index contributed by atoms with van der Waals surface area (Å²) in [6, 6.07) is 8.65. The standard InChI is InChI=1S/C21H24FN3O4S/c1-13-10-17(22)4-6-19(13)24-21(27)8-9-23-30(28,29)18-5-7-20-16(12-18)11-14(2)25(20)15(3)26/h4-7,10,12,14,23H,8-9,11H2,1-3H3,(H,24,27)/t14-/m1/s1. The maximum Gasteiger partial charge on any atom is 0.240 e. The molecule has 0 saturated heterocycles. The topological polar surface area (TPSA) is 95.6 Å². The van der Waals surface area contributed by atoms with E-state index >= 15 is 0 Å². The molecule has 1 atom stereocenters. The van der Waals surface area contributed by atoms with Gasteiger partial charge in [-0.15, -0.1) is 0 Å². The summed E-state index contributed by atoms with van der Waals surface area (Å²) >= 11 is 0. The summed E-state index contributed by atoms with van der Waals surface area (Å²) < 4.78 is 40.8. The van der Waals surface area contributed by atoms with Crippen LogP contribution in [-0.4, -0.2) is 32.8 Å². The molecule has 0 unspecified atom stereocenters. The lowest BCUT2D eigenvalue weighted by Crippen LogP contribution is -2.33. The minimum Gasteiger partial charge on any atom is -0.326 e. The summed E-state index contributed by atoms with van der Waals surface area (Å²) in [7, 11) is -3.80. The Morgan fingerprint density at radius 1 is 1.20 bits per heavy atom. The van der Waals surface area contributed by atoms with Crippen molar-refractivity contribution in [3.8, 4) is 0 Å². The molecular weight excluding hydrogens is 409 g/mol. The van der Waals surface area contributed by atoms with Gasteiger partial charge in [0.05, 0.1) is 4.90 Å². The molecule has 7 nitrogen and oxygen atoms in total. The highest BCUT2D eigenvalue weighted by molar-refractivity contribution is 7.89. The molecule has 1 aliphatic heterocycles. The van der Waals surface area contributed by atoms with Gasteiger partial charge in [-0.2, -0.15) is 0 Å². The summed E-state index contributed by atoms with van der Waals surface area (Å²) in [4.78, 5) is 25.6. The number of carbonyl (C=O) groups is 2. The lowest BCUT2D eigenvalue weighted by atomic mass is 10.1. The number of aryl methyl sites for hydroxylation is 1. The Morgan fingerprint density at radius 3 is 2.60 bits per heavy atom. The van der Waals surface area contributed by atoms with Crippen molar-refractivity contribution >= 4 is 33.2 Å². The predicted molar refractivity (Wildman–Crippen MR) is 112 cm³/mol. The Labute approximate surface area is 175 Å². The van der Waals surface area contributed by atoms with Gasteiger partial charge in [0.25, 0.3) is 0 Å². The summed E-state index contributed by atoms with van der Waals surface area (Å²) in [6.45, 7) is 4.98. The van der Waals surface area contributed by atoms with E-state index in [0.29, 0.717) is 17.7 Å². The molecule has 0 radical (unpaired) electrons. The van der Waals surface area contributed by atoms with Crippen LogP contribution >= 0.6 is 0 Å². The van der Waals surface area contributed by atoms with E-state index in [0.717, 1.165) is 11.3 Å². The van der Waals surface area contributed by atoms with Crippen LogP contribution in [0.4, 0.5) is 15.8 Å². The molecule has 160 valence electrons. The first-order valence-electron chi connectivity index (χ1n) is 9.57. The van der Waals surface area contributed by atoms with Crippen molar-refractivity contribution in [1.29, 1.82) is 0 Å². The van der Waals surface area contributed by atoms with E-state index in [9.17, 15) is 22.4 Å². The number of hydrogen-bond acceptors (Lipinski definition) is 4. The van der Waals surface area contributed by atoms with E-state index in [1.165, 1.54) is 31.2 Å². The summed E-state index contributed by atoms with van der Waals surface area (Å²) in [5.41, 5.74) is 2.58. The molecule has 0 spiro atoms. The fourth-order valence-corrected chi connectivity index (χ4v) is 4.70. The molecule has 9 heteroatoms. The highest BCUT2D eigenvalue weighted by Crippen LogP contribution is 2.33. The highest BCUT2D eigenvalue weighted by atomic mass is 32.2. The normalized spacial score (nSPS) is 15.7. The highest BCUT2D eigenvalue weighted by Gasteiger charge is 2.30. The Balaban J connectivity index is 1.61. The average molecular weight is 434 g/mol. The number of hydrogen-bond donors (Lipinski definition) is 2. The number of fused-ring (bicyclic) bond motifs is 1. The number of anilines is 2. The number of sulfonamides is 1. The monoisotopic (exact) mass is 433 g/mol. The zero-order chi connectivity index (χ0) is 22.1. The Bertz CT molecular complexity index is 1100. The van der Waals surface area contributed by atoms with E-state index in [1.54, 1.807) is 24.0 Å². The summed E-state index contributed by atoms with van der Waals surface area (Å²) in [6.07, 6.45) is 0.508. The second-order valence-electron chi connectivity index (χ2n) is 7.39. The molecule has 3 rings (SSSR count). The molecule has 2 aromatic rings. The Hall–Kier alpha value is -2.78. The molecule has 2 aromatic carbocycles. The van der Waals surface area contributed by atoms with Crippen molar-refractivity contribution in [2.45, 2.75) is 44.6 Å². The van der Waals surface area contributed by atoms with Gasteiger partial charge in [0.2, 0.25) is 21.8 Å². The zero-order valence-corrected chi connectivity index (χ0v) is 17.8. The molecule has 1 heterocycles. The molecule has 0 fully saturated rings. The van der Waals surface area contributed by atoms with Crippen LogP contribution in [0.5, 0.6) is 0 Å². The van der Waals surface area contributed by atoms with Gasteiger partial charge in [0.15, 0.2) is 0 Å². The number of benzene rings is 2. The molecule has 2 N–H and O–H groups in total. The van der Waals surface area contributed by atoms with Crippen LogP contribution in [0.2, 0.25) is 0 Å². The minimum absolute atomic E-state index is 0.0259. The van der Waals surface area contributed by atoms with Crippen molar-refractivity contribution in [2.75, 3.05) is 16.8 Å². The van der Waals surface area contributed by atoms with Crippen molar-refractivity contribution < 1.29 is 22.4 Å². The fraction of sp³-hybridized carbons (Fsp3) is 0.333. The quantitative estimate of drug-likeness (QED) is 0.732. The van der Waals surface area contributed by atoms with Gasteiger partial charge < -0.3 is 10.2 Å². The maximum absolute atomic E-state index is 13.1. The third-order valence-electron chi connectivity index (χ3n) is 5.02. The first-order valence-corrected chi connectivity index (χ1v) is 11.0.